The van der Waals surface area contributed by atoms with Crippen molar-refractivity contribution in [3.05, 3.63) is 54.4 Å². The summed E-state index contributed by atoms with van der Waals surface area (Å²) in [4.78, 5) is 7.46. The summed E-state index contributed by atoms with van der Waals surface area (Å²) in [5, 5.41) is 4.47. The number of fused-ring (bicyclic) bond motifs is 1. The van der Waals surface area contributed by atoms with Crippen LogP contribution in [-0.4, -0.2) is 31.2 Å². The van der Waals surface area contributed by atoms with E-state index in [4.69, 9.17) is 0 Å². The van der Waals surface area contributed by atoms with Crippen LogP contribution in [0.5, 0.6) is 0 Å². The maximum atomic E-state index is 11.1. The number of sulfonamides is 1. The molecular formula is C16H18N4O2S. The first kappa shape index (κ1) is 15.4. The van der Waals surface area contributed by atoms with Crippen molar-refractivity contribution < 1.29 is 8.42 Å². The van der Waals surface area contributed by atoms with Crippen molar-refractivity contribution in [3.8, 4) is 0 Å². The quantitative estimate of drug-likeness (QED) is 0.648. The summed E-state index contributed by atoms with van der Waals surface area (Å²) in [6, 6.07) is 11.6. The fraction of sp³-hybridized carbons (Fsp3) is 0.188. The van der Waals surface area contributed by atoms with E-state index in [0.717, 1.165) is 24.7 Å². The minimum atomic E-state index is -3.27. The zero-order chi connectivity index (χ0) is 16.3. The van der Waals surface area contributed by atoms with Crippen LogP contribution in [0.15, 0.2) is 48.8 Å². The third-order valence-electron chi connectivity index (χ3n) is 3.44. The summed E-state index contributed by atoms with van der Waals surface area (Å²) in [6.45, 7) is 0.744. The molecule has 23 heavy (non-hydrogen) atoms. The highest BCUT2D eigenvalue weighted by molar-refractivity contribution is 7.92. The first-order valence-corrected chi connectivity index (χ1v) is 9.13. The first-order valence-electron chi connectivity index (χ1n) is 7.24. The van der Waals surface area contributed by atoms with Crippen molar-refractivity contribution in [2.75, 3.05) is 22.8 Å². The molecule has 0 bridgehead atoms. The van der Waals surface area contributed by atoms with Gasteiger partial charge in [0.1, 0.15) is 5.82 Å². The first-order chi connectivity index (χ1) is 11.0. The highest BCUT2D eigenvalue weighted by Gasteiger charge is 2.04. The predicted molar refractivity (Wildman–Crippen MR) is 93.2 cm³/mol. The second-order valence-corrected chi connectivity index (χ2v) is 7.09. The Kier molecular flexibility index (Phi) is 4.20. The summed E-state index contributed by atoms with van der Waals surface area (Å²) in [5.41, 5.74) is 2.84. The lowest BCUT2D eigenvalue weighted by Gasteiger charge is -2.07. The third-order valence-corrected chi connectivity index (χ3v) is 4.05. The Morgan fingerprint density at radius 3 is 2.74 bits per heavy atom. The Hall–Kier alpha value is -2.54. The van der Waals surface area contributed by atoms with Gasteiger partial charge in [-0.25, -0.2) is 13.4 Å². The maximum Gasteiger partial charge on any atom is 0.229 e. The number of hydrogen-bond acceptors (Lipinski definition) is 4. The molecule has 120 valence electrons. The molecule has 0 radical (unpaired) electrons. The Morgan fingerprint density at radius 1 is 1.17 bits per heavy atom. The average molecular weight is 330 g/mol. The van der Waals surface area contributed by atoms with Gasteiger partial charge in [0.25, 0.3) is 0 Å². The normalized spacial score (nSPS) is 11.5. The summed E-state index contributed by atoms with van der Waals surface area (Å²) in [7, 11) is -3.27. The number of aromatic nitrogens is 2. The van der Waals surface area contributed by atoms with E-state index < -0.39 is 10.0 Å². The minimum absolute atomic E-state index is 0.453. The van der Waals surface area contributed by atoms with Gasteiger partial charge < -0.3 is 10.3 Å². The highest BCUT2D eigenvalue weighted by atomic mass is 32.2. The van der Waals surface area contributed by atoms with Crippen LogP contribution in [0, 0.1) is 0 Å². The van der Waals surface area contributed by atoms with Gasteiger partial charge in [-0.2, -0.15) is 0 Å². The van der Waals surface area contributed by atoms with Crippen molar-refractivity contribution in [1.82, 2.24) is 9.97 Å². The molecule has 0 aliphatic rings. The summed E-state index contributed by atoms with van der Waals surface area (Å²) >= 11 is 0. The largest absolute Gasteiger partial charge is 0.370 e. The van der Waals surface area contributed by atoms with Crippen molar-refractivity contribution >= 4 is 32.4 Å². The molecule has 0 atom stereocenters. The van der Waals surface area contributed by atoms with Gasteiger partial charge in [-0.1, -0.05) is 18.2 Å². The van der Waals surface area contributed by atoms with E-state index >= 15 is 0 Å². The van der Waals surface area contributed by atoms with Gasteiger partial charge in [-0.05, 0) is 30.2 Å². The second kappa shape index (κ2) is 6.29. The molecule has 0 unspecified atom stereocenters. The van der Waals surface area contributed by atoms with Crippen LogP contribution >= 0.6 is 0 Å². The van der Waals surface area contributed by atoms with E-state index in [1.54, 1.807) is 12.1 Å². The molecule has 2 heterocycles. The van der Waals surface area contributed by atoms with Crippen LogP contribution in [0.25, 0.3) is 10.9 Å². The van der Waals surface area contributed by atoms with E-state index in [2.05, 4.69) is 32.1 Å². The number of nitrogens with one attached hydrogen (secondary N) is 3. The number of para-hydroxylation sites is 1. The van der Waals surface area contributed by atoms with E-state index in [-0.39, 0.29) is 0 Å². The average Bonchev–Trinajstić information content (AvgIpc) is 2.91. The molecule has 3 rings (SSSR count). The minimum Gasteiger partial charge on any atom is -0.370 e. The zero-order valence-corrected chi connectivity index (χ0v) is 13.5. The zero-order valence-electron chi connectivity index (χ0n) is 12.7. The number of H-pyrrole nitrogens is 1. The van der Waals surface area contributed by atoms with Crippen LogP contribution in [0.3, 0.4) is 0 Å². The summed E-state index contributed by atoms with van der Waals surface area (Å²) < 4.78 is 24.7. The number of rotatable bonds is 6. The van der Waals surface area contributed by atoms with E-state index in [9.17, 15) is 8.42 Å². The number of hydrogen-bond donors (Lipinski definition) is 3. The molecule has 2 aromatic heterocycles. The SMILES string of the molecule is CS(=O)(=O)Nc1ccc(NCCc2c[nH]c3ccccc23)nc1. The fourth-order valence-electron chi connectivity index (χ4n) is 2.44. The highest BCUT2D eigenvalue weighted by Crippen LogP contribution is 2.18. The van der Waals surface area contributed by atoms with Crippen LogP contribution in [0.4, 0.5) is 11.5 Å². The topological polar surface area (TPSA) is 86.9 Å². The van der Waals surface area contributed by atoms with Crippen molar-refractivity contribution in [3.63, 3.8) is 0 Å². The smallest absolute Gasteiger partial charge is 0.229 e. The van der Waals surface area contributed by atoms with E-state index in [1.807, 2.05) is 18.3 Å². The molecule has 3 aromatic rings. The van der Waals surface area contributed by atoms with Gasteiger partial charge in [0, 0.05) is 23.6 Å². The monoisotopic (exact) mass is 330 g/mol. The van der Waals surface area contributed by atoms with Crippen LogP contribution < -0.4 is 10.0 Å². The lowest BCUT2D eigenvalue weighted by atomic mass is 10.1. The molecule has 0 spiro atoms. The Morgan fingerprint density at radius 2 is 2.00 bits per heavy atom. The van der Waals surface area contributed by atoms with Crippen LogP contribution in [-0.2, 0) is 16.4 Å². The number of anilines is 2. The van der Waals surface area contributed by atoms with E-state index in [1.165, 1.54) is 17.1 Å². The maximum absolute atomic E-state index is 11.1. The molecule has 3 N–H and O–H groups in total. The predicted octanol–water partition coefficient (Wildman–Crippen LogP) is 2.59. The van der Waals surface area contributed by atoms with Gasteiger partial charge >= 0.3 is 0 Å². The Balaban J connectivity index is 1.58. The fourth-order valence-corrected chi connectivity index (χ4v) is 2.99. The molecule has 0 amide bonds. The van der Waals surface area contributed by atoms with Gasteiger partial charge in [0.2, 0.25) is 10.0 Å². The van der Waals surface area contributed by atoms with Crippen LogP contribution in [0.2, 0.25) is 0 Å². The van der Waals surface area contributed by atoms with Crippen molar-refractivity contribution in [2.24, 2.45) is 0 Å². The third kappa shape index (κ3) is 4.01. The standard InChI is InChI=1S/C16H18N4O2S/c1-23(21,22)20-13-6-7-16(19-11-13)17-9-8-12-10-18-15-5-3-2-4-14(12)15/h2-7,10-11,18,20H,8-9H2,1H3,(H,17,19). The summed E-state index contributed by atoms with van der Waals surface area (Å²) in [6.07, 6.45) is 5.50. The number of pyridine rings is 1. The van der Waals surface area contributed by atoms with Crippen molar-refractivity contribution in [2.45, 2.75) is 6.42 Å². The van der Waals surface area contributed by atoms with Crippen LogP contribution in [0.1, 0.15) is 5.56 Å². The van der Waals surface area contributed by atoms with Gasteiger partial charge in [-0.15, -0.1) is 0 Å². The lowest BCUT2D eigenvalue weighted by molar-refractivity contribution is 0.607. The van der Waals surface area contributed by atoms with Gasteiger partial charge in [0.15, 0.2) is 0 Å². The molecule has 0 fully saturated rings. The molecule has 0 aliphatic heterocycles. The molecule has 1 aromatic carbocycles. The second-order valence-electron chi connectivity index (χ2n) is 5.34. The number of benzene rings is 1. The Labute approximate surface area is 135 Å². The number of nitrogens with zero attached hydrogens (tertiary/aromatic N) is 1. The van der Waals surface area contributed by atoms with Gasteiger partial charge in [-0.3, -0.25) is 4.72 Å². The lowest BCUT2D eigenvalue weighted by Crippen LogP contribution is -2.10. The van der Waals surface area contributed by atoms with Gasteiger partial charge in [0.05, 0.1) is 18.1 Å². The molecular weight excluding hydrogens is 312 g/mol. The van der Waals surface area contributed by atoms with E-state index in [0.29, 0.717) is 11.5 Å². The molecule has 0 aliphatic carbocycles. The Bertz CT molecular complexity index is 901. The molecule has 0 saturated heterocycles. The summed E-state index contributed by atoms with van der Waals surface area (Å²) in [5.74, 6) is 0.712. The molecule has 6 nitrogen and oxygen atoms in total. The number of aromatic amines is 1. The molecule has 7 heteroatoms. The molecule has 0 saturated carbocycles. The van der Waals surface area contributed by atoms with Crippen molar-refractivity contribution in [1.29, 1.82) is 0 Å².